The maximum absolute atomic E-state index is 11.2. The lowest BCUT2D eigenvalue weighted by molar-refractivity contribution is -0.385. The van der Waals surface area contributed by atoms with Gasteiger partial charge in [0.1, 0.15) is 5.69 Å². The van der Waals surface area contributed by atoms with Gasteiger partial charge in [-0.15, -0.1) is 6.58 Å². The second kappa shape index (κ2) is 8.97. The molecule has 0 spiro atoms. The smallest absolute Gasteiger partial charge is 0.333 e. The maximum Gasteiger partial charge on any atom is 0.333 e. The molecule has 0 saturated heterocycles. The van der Waals surface area contributed by atoms with Gasteiger partial charge in [0, 0.05) is 6.54 Å². The van der Waals surface area contributed by atoms with Crippen molar-refractivity contribution < 1.29 is 14.4 Å². The number of para-hydroxylation sites is 1. The zero-order valence-electron chi connectivity index (χ0n) is 12.5. The highest BCUT2D eigenvalue weighted by molar-refractivity contribution is 5.68. The second-order valence-electron chi connectivity index (χ2n) is 4.69. The van der Waals surface area contributed by atoms with Crippen molar-refractivity contribution in [3.8, 4) is 5.75 Å². The van der Waals surface area contributed by atoms with Crippen LogP contribution in [0.5, 0.6) is 5.75 Å². The normalized spacial score (nSPS) is 10.4. The number of ether oxygens (including phenoxy) is 2. The van der Waals surface area contributed by atoms with Crippen LogP contribution in [-0.4, -0.2) is 30.8 Å². The first-order chi connectivity index (χ1) is 10.1. The van der Waals surface area contributed by atoms with Crippen LogP contribution in [0.4, 0.5) is 11.4 Å². The number of nitrogens with zero attached hydrogens (tertiary/aromatic N) is 1. The van der Waals surface area contributed by atoms with E-state index in [0.29, 0.717) is 25.4 Å². The number of anilines is 1. The number of nitro benzene ring substituents is 1. The Hall–Kier alpha value is -2.08. The van der Waals surface area contributed by atoms with Crippen molar-refractivity contribution in [1.82, 2.24) is 0 Å². The molecule has 0 aliphatic heterocycles. The number of benzene rings is 1. The number of rotatable bonds is 10. The van der Waals surface area contributed by atoms with Gasteiger partial charge in [0.15, 0.2) is 5.75 Å². The van der Waals surface area contributed by atoms with E-state index in [0.717, 1.165) is 6.42 Å². The molecule has 6 heteroatoms. The standard InChI is InChI=1S/C15H22N2O4/c1-4-5-10-20-11-9-16-13-7-6-8-14(21-12(2)3)15(13)17(18)19/h4,6-8,12,16H,1,5,9-11H2,2-3H3. The van der Waals surface area contributed by atoms with Gasteiger partial charge in [-0.25, -0.2) is 0 Å². The van der Waals surface area contributed by atoms with Gasteiger partial charge in [-0.1, -0.05) is 12.1 Å². The lowest BCUT2D eigenvalue weighted by Gasteiger charge is -2.13. The molecular weight excluding hydrogens is 272 g/mol. The highest BCUT2D eigenvalue weighted by Crippen LogP contribution is 2.35. The van der Waals surface area contributed by atoms with E-state index in [1.807, 2.05) is 13.8 Å². The van der Waals surface area contributed by atoms with Crippen LogP contribution in [0.2, 0.25) is 0 Å². The van der Waals surface area contributed by atoms with E-state index in [1.54, 1.807) is 24.3 Å². The van der Waals surface area contributed by atoms with Crippen molar-refractivity contribution in [3.05, 3.63) is 41.0 Å². The second-order valence-corrected chi connectivity index (χ2v) is 4.69. The van der Waals surface area contributed by atoms with Gasteiger partial charge in [0.05, 0.1) is 24.2 Å². The summed E-state index contributed by atoms with van der Waals surface area (Å²) >= 11 is 0. The molecule has 0 amide bonds. The topological polar surface area (TPSA) is 73.6 Å². The maximum atomic E-state index is 11.2. The Bertz CT molecular complexity index is 475. The fourth-order valence-electron chi connectivity index (χ4n) is 1.73. The first-order valence-electron chi connectivity index (χ1n) is 6.92. The molecule has 1 aromatic carbocycles. The summed E-state index contributed by atoms with van der Waals surface area (Å²) in [6.07, 6.45) is 2.45. The van der Waals surface area contributed by atoms with Crippen molar-refractivity contribution in [2.24, 2.45) is 0 Å². The van der Waals surface area contributed by atoms with Crippen LogP contribution >= 0.6 is 0 Å². The largest absolute Gasteiger partial charge is 0.484 e. The fourth-order valence-corrected chi connectivity index (χ4v) is 1.73. The Morgan fingerprint density at radius 2 is 2.19 bits per heavy atom. The van der Waals surface area contributed by atoms with E-state index in [1.165, 1.54) is 0 Å². The summed E-state index contributed by atoms with van der Waals surface area (Å²) in [5, 5.41) is 14.3. The molecule has 0 bridgehead atoms. The molecule has 0 aromatic heterocycles. The van der Waals surface area contributed by atoms with Crippen molar-refractivity contribution in [1.29, 1.82) is 0 Å². The van der Waals surface area contributed by atoms with Gasteiger partial charge in [-0.2, -0.15) is 0 Å². The van der Waals surface area contributed by atoms with Crippen LogP contribution in [-0.2, 0) is 4.74 Å². The van der Waals surface area contributed by atoms with E-state index < -0.39 is 4.92 Å². The highest BCUT2D eigenvalue weighted by atomic mass is 16.6. The molecule has 0 fully saturated rings. The molecule has 21 heavy (non-hydrogen) atoms. The summed E-state index contributed by atoms with van der Waals surface area (Å²) in [4.78, 5) is 10.8. The molecule has 0 heterocycles. The minimum atomic E-state index is -0.432. The van der Waals surface area contributed by atoms with E-state index >= 15 is 0 Å². The summed E-state index contributed by atoms with van der Waals surface area (Å²) in [7, 11) is 0. The van der Waals surface area contributed by atoms with Crippen LogP contribution in [0, 0.1) is 10.1 Å². The zero-order valence-corrected chi connectivity index (χ0v) is 12.5. The highest BCUT2D eigenvalue weighted by Gasteiger charge is 2.21. The Balaban J connectivity index is 2.68. The lowest BCUT2D eigenvalue weighted by Crippen LogP contribution is -2.12. The molecule has 6 nitrogen and oxygen atoms in total. The molecule has 0 unspecified atom stereocenters. The molecule has 0 radical (unpaired) electrons. The summed E-state index contributed by atoms with van der Waals surface area (Å²) < 4.78 is 10.8. The number of hydrogen-bond acceptors (Lipinski definition) is 5. The predicted octanol–water partition coefficient (Wildman–Crippen LogP) is 3.39. The minimum absolute atomic E-state index is 0.0442. The summed E-state index contributed by atoms with van der Waals surface area (Å²) in [5.41, 5.74) is 0.391. The molecule has 0 aliphatic rings. The molecule has 1 rings (SSSR count). The Labute approximate surface area is 124 Å². The van der Waals surface area contributed by atoms with Gasteiger partial charge in [-0.05, 0) is 32.4 Å². The number of hydrogen-bond donors (Lipinski definition) is 1. The third kappa shape index (κ3) is 5.83. The van der Waals surface area contributed by atoms with Crippen LogP contribution in [0.25, 0.3) is 0 Å². The third-order valence-corrected chi connectivity index (χ3v) is 2.57. The first-order valence-corrected chi connectivity index (χ1v) is 6.92. The molecule has 0 aliphatic carbocycles. The third-order valence-electron chi connectivity index (χ3n) is 2.57. The number of nitro groups is 1. The van der Waals surface area contributed by atoms with Gasteiger partial charge < -0.3 is 14.8 Å². The molecule has 116 valence electrons. The van der Waals surface area contributed by atoms with Crippen molar-refractivity contribution in [2.45, 2.75) is 26.4 Å². The Morgan fingerprint density at radius 1 is 1.43 bits per heavy atom. The number of nitrogens with one attached hydrogen (secondary N) is 1. The quantitative estimate of drug-likeness (QED) is 0.310. The van der Waals surface area contributed by atoms with E-state index in [4.69, 9.17) is 9.47 Å². The molecule has 0 atom stereocenters. The average Bonchev–Trinajstić information content (AvgIpc) is 2.41. The molecule has 0 saturated carbocycles. The van der Waals surface area contributed by atoms with E-state index in [-0.39, 0.29) is 17.5 Å². The van der Waals surface area contributed by atoms with Gasteiger partial charge in [0.2, 0.25) is 0 Å². The molecule has 1 aromatic rings. The van der Waals surface area contributed by atoms with Crippen LogP contribution < -0.4 is 10.1 Å². The van der Waals surface area contributed by atoms with Crippen molar-refractivity contribution in [2.75, 3.05) is 25.1 Å². The zero-order chi connectivity index (χ0) is 15.7. The molecular formula is C15H22N2O4. The van der Waals surface area contributed by atoms with Crippen molar-refractivity contribution in [3.63, 3.8) is 0 Å². The predicted molar refractivity (Wildman–Crippen MR) is 83.0 cm³/mol. The van der Waals surface area contributed by atoms with Crippen LogP contribution in [0.3, 0.4) is 0 Å². The van der Waals surface area contributed by atoms with Crippen LogP contribution in [0.15, 0.2) is 30.9 Å². The van der Waals surface area contributed by atoms with Gasteiger partial charge in [0.25, 0.3) is 0 Å². The summed E-state index contributed by atoms with van der Waals surface area (Å²) in [6, 6.07) is 4.99. The summed E-state index contributed by atoms with van der Waals surface area (Å²) in [6.45, 7) is 8.83. The van der Waals surface area contributed by atoms with E-state index in [2.05, 4.69) is 11.9 Å². The summed E-state index contributed by atoms with van der Waals surface area (Å²) in [5.74, 6) is 0.271. The Kier molecular flexibility index (Phi) is 7.25. The van der Waals surface area contributed by atoms with Crippen LogP contribution in [0.1, 0.15) is 20.3 Å². The molecule has 1 N–H and O–H groups in total. The Morgan fingerprint density at radius 3 is 2.81 bits per heavy atom. The lowest BCUT2D eigenvalue weighted by atomic mass is 10.2. The first kappa shape index (κ1) is 17.0. The minimum Gasteiger partial charge on any atom is -0.484 e. The van der Waals surface area contributed by atoms with E-state index in [9.17, 15) is 10.1 Å². The monoisotopic (exact) mass is 294 g/mol. The fraction of sp³-hybridized carbons (Fsp3) is 0.467. The van der Waals surface area contributed by atoms with Gasteiger partial charge >= 0.3 is 5.69 Å². The van der Waals surface area contributed by atoms with Crippen molar-refractivity contribution >= 4 is 11.4 Å². The SMILES string of the molecule is C=CCCOCCNc1cccc(OC(C)C)c1[N+](=O)[O-]. The average molecular weight is 294 g/mol. The van der Waals surface area contributed by atoms with Gasteiger partial charge in [-0.3, -0.25) is 10.1 Å².